The molecule has 0 radical (unpaired) electrons. The lowest BCUT2D eigenvalue weighted by molar-refractivity contribution is -0.139. The highest BCUT2D eigenvalue weighted by atomic mass is 19.1. The molecular formula is C10H7FO3. The first-order chi connectivity index (χ1) is 6.59. The first-order valence-corrected chi connectivity index (χ1v) is 4.15. The van der Waals surface area contributed by atoms with Gasteiger partial charge in [-0.05, 0) is 30.2 Å². The molecule has 0 bridgehead atoms. The summed E-state index contributed by atoms with van der Waals surface area (Å²) in [5, 5.41) is 8.71. The fraction of sp³-hybridized carbons (Fsp3) is 0.200. The lowest BCUT2D eigenvalue weighted by Gasteiger charge is -1.97. The topological polar surface area (TPSA) is 54.4 Å². The molecule has 1 aliphatic rings. The predicted molar refractivity (Wildman–Crippen MR) is 45.6 cm³/mol. The molecule has 1 aromatic rings. The fourth-order valence-corrected chi connectivity index (χ4v) is 1.67. The lowest BCUT2D eigenvalue weighted by atomic mass is 10.1. The molecule has 72 valence electrons. The van der Waals surface area contributed by atoms with E-state index in [1.54, 1.807) is 0 Å². The second kappa shape index (κ2) is 2.90. The van der Waals surface area contributed by atoms with E-state index in [9.17, 15) is 14.0 Å². The van der Waals surface area contributed by atoms with Gasteiger partial charge in [0.1, 0.15) is 11.7 Å². The average Bonchev–Trinajstić information content (AvgIpc) is 2.43. The van der Waals surface area contributed by atoms with Gasteiger partial charge in [0.05, 0.1) is 0 Å². The van der Waals surface area contributed by atoms with Crippen LogP contribution in [-0.4, -0.2) is 16.9 Å². The van der Waals surface area contributed by atoms with Crippen molar-refractivity contribution in [3.05, 3.63) is 35.1 Å². The van der Waals surface area contributed by atoms with Gasteiger partial charge in [-0.1, -0.05) is 0 Å². The minimum absolute atomic E-state index is 0.0985. The van der Waals surface area contributed by atoms with Crippen LogP contribution in [0.2, 0.25) is 0 Å². The Balaban J connectivity index is 2.45. The van der Waals surface area contributed by atoms with Gasteiger partial charge in [-0.15, -0.1) is 0 Å². The molecular weight excluding hydrogens is 187 g/mol. The Hall–Kier alpha value is -1.71. The SMILES string of the molecule is O=C(O)C1Cc2cc(F)ccc2C1=O. The molecule has 0 spiro atoms. The van der Waals surface area contributed by atoms with Crippen LogP contribution >= 0.6 is 0 Å². The van der Waals surface area contributed by atoms with Crippen molar-refractivity contribution in [2.24, 2.45) is 5.92 Å². The van der Waals surface area contributed by atoms with Crippen LogP contribution in [0.3, 0.4) is 0 Å². The number of carboxylic acids is 1. The maximum absolute atomic E-state index is 12.8. The van der Waals surface area contributed by atoms with Crippen LogP contribution in [0.25, 0.3) is 0 Å². The molecule has 4 heteroatoms. The molecule has 2 rings (SSSR count). The van der Waals surface area contributed by atoms with Gasteiger partial charge < -0.3 is 5.11 Å². The molecule has 1 aromatic carbocycles. The van der Waals surface area contributed by atoms with Crippen LogP contribution in [-0.2, 0) is 11.2 Å². The van der Waals surface area contributed by atoms with E-state index in [0.717, 1.165) is 0 Å². The minimum atomic E-state index is -1.15. The summed E-state index contributed by atoms with van der Waals surface area (Å²) in [6.45, 7) is 0. The third-order valence-corrected chi connectivity index (χ3v) is 2.37. The summed E-state index contributed by atoms with van der Waals surface area (Å²) in [4.78, 5) is 22.1. The van der Waals surface area contributed by atoms with Crippen molar-refractivity contribution in [1.82, 2.24) is 0 Å². The van der Waals surface area contributed by atoms with Crippen LogP contribution in [0.4, 0.5) is 4.39 Å². The van der Waals surface area contributed by atoms with Gasteiger partial charge in [0.25, 0.3) is 0 Å². The number of carbonyl (C=O) groups excluding carboxylic acids is 1. The van der Waals surface area contributed by atoms with E-state index < -0.39 is 23.5 Å². The summed E-state index contributed by atoms with van der Waals surface area (Å²) in [6, 6.07) is 3.73. The van der Waals surface area contributed by atoms with Crippen LogP contribution in [0.15, 0.2) is 18.2 Å². The third-order valence-electron chi connectivity index (χ3n) is 2.37. The van der Waals surface area contributed by atoms with Crippen molar-refractivity contribution in [1.29, 1.82) is 0 Å². The number of rotatable bonds is 1. The van der Waals surface area contributed by atoms with E-state index in [4.69, 9.17) is 5.11 Å². The van der Waals surface area contributed by atoms with Gasteiger partial charge in [-0.3, -0.25) is 9.59 Å². The number of benzene rings is 1. The Morgan fingerprint density at radius 2 is 2.21 bits per heavy atom. The van der Waals surface area contributed by atoms with Crippen molar-refractivity contribution in [2.75, 3.05) is 0 Å². The van der Waals surface area contributed by atoms with E-state index in [1.165, 1.54) is 18.2 Å². The highest BCUT2D eigenvalue weighted by Gasteiger charge is 2.35. The van der Waals surface area contributed by atoms with Gasteiger partial charge in [0, 0.05) is 5.56 Å². The standard InChI is InChI=1S/C10H7FO3/c11-6-1-2-7-5(3-6)4-8(9(7)12)10(13)14/h1-3,8H,4H2,(H,13,14). The summed E-state index contributed by atoms with van der Waals surface area (Å²) in [6.07, 6.45) is 0.0985. The lowest BCUT2D eigenvalue weighted by Crippen LogP contribution is -2.19. The van der Waals surface area contributed by atoms with E-state index in [2.05, 4.69) is 0 Å². The Morgan fingerprint density at radius 3 is 2.86 bits per heavy atom. The number of ketones is 1. The van der Waals surface area contributed by atoms with E-state index in [1.807, 2.05) is 0 Å². The number of carboxylic acid groups (broad SMARTS) is 1. The number of hydrogen-bond acceptors (Lipinski definition) is 2. The van der Waals surface area contributed by atoms with Gasteiger partial charge in [0.2, 0.25) is 0 Å². The first-order valence-electron chi connectivity index (χ1n) is 4.15. The summed E-state index contributed by atoms with van der Waals surface area (Å²) in [5.41, 5.74) is 0.821. The van der Waals surface area contributed by atoms with E-state index in [0.29, 0.717) is 11.1 Å². The predicted octanol–water partition coefficient (Wildman–Crippen LogP) is 1.27. The zero-order chi connectivity index (χ0) is 10.3. The monoisotopic (exact) mass is 194 g/mol. The van der Waals surface area contributed by atoms with Crippen molar-refractivity contribution in [3.8, 4) is 0 Å². The first kappa shape index (κ1) is 8.87. The summed E-state index contributed by atoms with van der Waals surface area (Å²) < 4.78 is 12.8. The zero-order valence-corrected chi connectivity index (χ0v) is 7.16. The zero-order valence-electron chi connectivity index (χ0n) is 7.16. The molecule has 0 aromatic heterocycles. The maximum Gasteiger partial charge on any atom is 0.314 e. The summed E-state index contributed by atoms with van der Waals surface area (Å²) >= 11 is 0. The summed E-state index contributed by atoms with van der Waals surface area (Å²) in [5.74, 6) is -3.05. The molecule has 0 fully saturated rings. The molecule has 1 atom stereocenters. The molecule has 1 aliphatic carbocycles. The van der Waals surface area contributed by atoms with Crippen molar-refractivity contribution in [3.63, 3.8) is 0 Å². The largest absolute Gasteiger partial charge is 0.481 e. The van der Waals surface area contributed by atoms with Crippen LogP contribution in [0.1, 0.15) is 15.9 Å². The summed E-state index contributed by atoms with van der Waals surface area (Å²) in [7, 11) is 0. The van der Waals surface area contributed by atoms with E-state index in [-0.39, 0.29) is 6.42 Å². The van der Waals surface area contributed by atoms with Gasteiger partial charge in [-0.25, -0.2) is 4.39 Å². The molecule has 1 unspecified atom stereocenters. The molecule has 0 saturated heterocycles. The number of aliphatic carboxylic acids is 1. The fourth-order valence-electron chi connectivity index (χ4n) is 1.67. The highest BCUT2D eigenvalue weighted by molar-refractivity contribution is 6.11. The second-order valence-electron chi connectivity index (χ2n) is 3.26. The van der Waals surface area contributed by atoms with Crippen molar-refractivity contribution < 1.29 is 19.1 Å². The third kappa shape index (κ3) is 1.19. The number of halogens is 1. The average molecular weight is 194 g/mol. The Kier molecular flexibility index (Phi) is 1.84. The van der Waals surface area contributed by atoms with Gasteiger partial charge in [-0.2, -0.15) is 0 Å². The Labute approximate surface area is 79.2 Å². The van der Waals surface area contributed by atoms with Crippen molar-refractivity contribution >= 4 is 11.8 Å². The molecule has 0 saturated carbocycles. The smallest absolute Gasteiger partial charge is 0.314 e. The Bertz CT molecular complexity index is 425. The number of Topliss-reactive ketones (excluding diaryl/α,β-unsaturated/α-hetero) is 1. The maximum atomic E-state index is 12.8. The van der Waals surface area contributed by atoms with Crippen LogP contribution in [0, 0.1) is 11.7 Å². The molecule has 0 aliphatic heterocycles. The minimum Gasteiger partial charge on any atom is -0.481 e. The molecule has 1 N–H and O–H groups in total. The van der Waals surface area contributed by atoms with E-state index >= 15 is 0 Å². The number of hydrogen-bond donors (Lipinski definition) is 1. The normalized spacial score (nSPS) is 19.5. The second-order valence-corrected chi connectivity index (χ2v) is 3.26. The molecule has 3 nitrogen and oxygen atoms in total. The van der Waals surface area contributed by atoms with Crippen LogP contribution in [0.5, 0.6) is 0 Å². The molecule has 0 heterocycles. The quantitative estimate of drug-likeness (QED) is 0.685. The van der Waals surface area contributed by atoms with Gasteiger partial charge in [0.15, 0.2) is 5.78 Å². The molecule has 14 heavy (non-hydrogen) atoms. The molecule has 0 amide bonds. The Morgan fingerprint density at radius 1 is 1.50 bits per heavy atom. The number of fused-ring (bicyclic) bond motifs is 1. The number of carbonyl (C=O) groups is 2. The van der Waals surface area contributed by atoms with Crippen LogP contribution < -0.4 is 0 Å². The van der Waals surface area contributed by atoms with Crippen molar-refractivity contribution in [2.45, 2.75) is 6.42 Å². The highest BCUT2D eigenvalue weighted by Crippen LogP contribution is 2.27. The van der Waals surface area contributed by atoms with Gasteiger partial charge >= 0.3 is 5.97 Å².